The number of hydrogen-bond donors (Lipinski definition) is 2. The van der Waals surface area contributed by atoms with Gasteiger partial charge >= 0.3 is 0 Å². The lowest BCUT2D eigenvalue weighted by Crippen LogP contribution is -2.14. The van der Waals surface area contributed by atoms with Crippen LogP contribution in [0.25, 0.3) is 0 Å². The number of aliphatic hydroxyl groups excluding tert-OH is 2. The van der Waals surface area contributed by atoms with Crippen molar-refractivity contribution < 1.29 is 15.0 Å². The summed E-state index contributed by atoms with van der Waals surface area (Å²) in [6.45, 7) is 1.85. The second kappa shape index (κ2) is 8.29. The first kappa shape index (κ1) is 15.2. The zero-order chi connectivity index (χ0) is 13.4. The number of rotatable bonds is 8. The Balaban J connectivity index is 2.49. The van der Waals surface area contributed by atoms with Gasteiger partial charge in [-0.3, -0.25) is 4.79 Å². The predicted molar refractivity (Wildman–Crippen MR) is 74.1 cm³/mol. The van der Waals surface area contributed by atoms with E-state index in [1.165, 1.54) is 11.8 Å². The fourth-order valence-corrected chi connectivity index (χ4v) is 2.28. The molecular weight excluding hydrogens is 248 g/mol. The van der Waals surface area contributed by atoms with E-state index in [0.29, 0.717) is 12.2 Å². The van der Waals surface area contributed by atoms with Crippen LogP contribution in [0.15, 0.2) is 29.2 Å². The fraction of sp³-hybridized carbons (Fsp3) is 0.500. The van der Waals surface area contributed by atoms with E-state index in [-0.39, 0.29) is 12.4 Å². The lowest BCUT2D eigenvalue weighted by molar-refractivity contribution is 0.0979. The van der Waals surface area contributed by atoms with Crippen LogP contribution in [-0.2, 0) is 0 Å². The van der Waals surface area contributed by atoms with Gasteiger partial charge in [-0.2, -0.15) is 0 Å². The summed E-state index contributed by atoms with van der Waals surface area (Å²) in [6.07, 6.45) is 1.86. The van der Waals surface area contributed by atoms with Gasteiger partial charge in [-0.1, -0.05) is 25.5 Å². The molecule has 0 radical (unpaired) electrons. The minimum atomic E-state index is -0.694. The minimum Gasteiger partial charge on any atom is -0.394 e. The third-order valence-corrected chi connectivity index (χ3v) is 3.74. The van der Waals surface area contributed by atoms with Gasteiger partial charge < -0.3 is 10.2 Å². The monoisotopic (exact) mass is 268 g/mol. The van der Waals surface area contributed by atoms with Crippen molar-refractivity contribution in [3.05, 3.63) is 29.8 Å². The quantitative estimate of drug-likeness (QED) is 0.562. The number of benzene rings is 1. The molecular formula is C14H20O3S. The Morgan fingerprint density at radius 2 is 2.00 bits per heavy atom. The molecule has 0 aromatic heterocycles. The summed E-state index contributed by atoms with van der Waals surface area (Å²) < 4.78 is 0. The maximum absolute atomic E-state index is 11.7. The topological polar surface area (TPSA) is 57.5 Å². The first-order valence-corrected chi connectivity index (χ1v) is 7.21. The molecule has 0 amide bonds. The molecule has 0 bridgehead atoms. The van der Waals surface area contributed by atoms with E-state index in [2.05, 4.69) is 6.92 Å². The largest absolute Gasteiger partial charge is 0.394 e. The zero-order valence-corrected chi connectivity index (χ0v) is 11.4. The first-order chi connectivity index (χ1) is 8.67. The van der Waals surface area contributed by atoms with E-state index in [4.69, 9.17) is 5.11 Å². The normalized spacial score (nSPS) is 12.4. The summed E-state index contributed by atoms with van der Waals surface area (Å²) in [4.78, 5) is 12.7. The van der Waals surface area contributed by atoms with Crippen molar-refractivity contribution in [2.24, 2.45) is 0 Å². The molecule has 0 aliphatic rings. The van der Waals surface area contributed by atoms with Crippen LogP contribution in [0.3, 0.4) is 0 Å². The van der Waals surface area contributed by atoms with Crippen molar-refractivity contribution in [3.63, 3.8) is 0 Å². The van der Waals surface area contributed by atoms with Crippen LogP contribution in [-0.4, -0.2) is 34.5 Å². The van der Waals surface area contributed by atoms with E-state index >= 15 is 0 Å². The van der Waals surface area contributed by atoms with E-state index in [1.54, 1.807) is 0 Å². The molecule has 0 spiro atoms. The highest BCUT2D eigenvalue weighted by Gasteiger charge is 2.06. The van der Waals surface area contributed by atoms with E-state index in [0.717, 1.165) is 23.3 Å². The molecule has 0 heterocycles. The molecule has 100 valence electrons. The first-order valence-electron chi connectivity index (χ1n) is 6.22. The lowest BCUT2D eigenvalue weighted by atomic mass is 10.1. The van der Waals surface area contributed by atoms with Gasteiger partial charge in [0.2, 0.25) is 0 Å². The number of carbonyl (C=O) groups excluding carboxylic acids is 1. The Kier molecular flexibility index (Phi) is 7.01. The average Bonchev–Trinajstić information content (AvgIpc) is 2.42. The van der Waals surface area contributed by atoms with Gasteiger partial charge in [-0.25, -0.2) is 0 Å². The fourth-order valence-electron chi connectivity index (χ4n) is 1.46. The number of unbranched alkanes of at least 4 members (excludes halogenated alkanes) is 1. The molecule has 3 nitrogen and oxygen atoms in total. The van der Waals surface area contributed by atoms with Crippen LogP contribution in [0.2, 0.25) is 0 Å². The van der Waals surface area contributed by atoms with Crippen molar-refractivity contribution in [3.8, 4) is 0 Å². The van der Waals surface area contributed by atoms with Crippen LogP contribution in [0.1, 0.15) is 36.5 Å². The third kappa shape index (κ3) is 5.21. The summed E-state index contributed by atoms with van der Waals surface area (Å²) in [5, 5.41) is 17.9. The second-order valence-electron chi connectivity index (χ2n) is 4.20. The molecule has 1 atom stereocenters. The highest BCUT2D eigenvalue weighted by atomic mass is 32.2. The van der Waals surface area contributed by atoms with Crippen molar-refractivity contribution >= 4 is 17.5 Å². The van der Waals surface area contributed by atoms with E-state index in [9.17, 15) is 9.90 Å². The predicted octanol–water partition coefficient (Wildman–Crippen LogP) is 2.50. The SMILES string of the molecule is CCCCC(=O)c1ccc(SCC(O)CO)cc1. The maximum atomic E-state index is 11.7. The van der Waals surface area contributed by atoms with Gasteiger partial charge in [0.15, 0.2) is 5.78 Å². The van der Waals surface area contributed by atoms with Gasteiger partial charge in [0.1, 0.15) is 0 Å². The number of hydrogen-bond acceptors (Lipinski definition) is 4. The Labute approximate surface area is 112 Å². The molecule has 0 saturated heterocycles. The van der Waals surface area contributed by atoms with E-state index < -0.39 is 6.10 Å². The van der Waals surface area contributed by atoms with Crippen molar-refractivity contribution in [1.82, 2.24) is 0 Å². The molecule has 0 saturated carbocycles. The zero-order valence-electron chi connectivity index (χ0n) is 10.6. The van der Waals surface area contributed by atoms with Crippen molar-refractivity contribution in [2.75, 3.05) is 12.4 Å². The van der Waals surface area contributed by atoms with Gasteiger partial charge in [0.25, 0.3) is 0 Å². The van der Waals surface area contributed by atoms with Crippen LogP contribution >= 0.6 is 11.8 Å². The summed E-state index contributed by atoms with van der Waals surface area (Å²) in [5.74, 6) is 0.642. The highest BCUT2D eigenvalue weighted by Crippen LogP contribution is 2.20. The number of carbonyl (C=O) groups is 1. The third-order valence-electron chi connectivity index (χ3n) is 2.59. The summed E-state index contributed by atoms with van der Waals surface area (Å²) in [7, 11) is 0. The average molecular weight is 268 g/mol. The smallest absolute Gasteiger partial charge is 0.162 e. The molecule has 2 N–H and O–H groups in total. The number of thioether (sulfide) groups is 1. The molecule has 4 heteroatoms. The van der Waals surface area contributed by atoms with Crippen molar-refractivity contribution in [2.45, 2.75) is 37.2 Å². The molecule has 0 aliphatic heterocycles. The van der Waals surface area contributed by atoms with Crippen LogP contribution in [0, 0.1) is 0 Å². The van der Waals surface area contributed by atoms with Gasteiger partial charge in [-0.15, -0.1) is 11.8 Å². The molecule has 1 unspecified atom stereocenters. The Hall–Kier alpha value is -0.840. The van der Waals surface area contributed by atoms with Gasteiger partial charge in [-0.05, 0) is 18.6 Å². The summed E-state index contributed by atoms with van der Waals surface area (Å²) in [6, 6.07) is 7.42. The van der Waals surface area contributed by atoms with Crippen LogP contribution in [0.4, 0.5) is 0 Å². The molecule has 0 fully saturated rings. The van der Waals surface area contributed by atoms with Crippen molar-refractivity contribution in [1.29, 1.82) is 0 Å². The van der Waals surface area contributed by atoms with E-state index in [1.807, 2.05) is 24.3 Å². The second-order valence-corrected chi connectivity index (χ2v) is 5.29. The lowest BCUT2D eigenvalue weighted by Gasteiger charge is -2.07. The van der Waals surface area contributed by atoms with Gasteiger partial charge in [0.05, 0.1) is 12.7 Å². The molecule has 0 aliphatic carbocycles. The Morgan fingerprint density at radius 3 is 2.56 bits per heavy atom. The summed E-state index contributed by atoms with van der Waals surface area (Å²) in [5.41, 5.74) is 0.746. The highest BCUT2D eigenvalue weighted by molar-refractivity contribution is 7.99. The molecule has 1 aromatic carbocycles. The summed E-state index contributed by atoms with van der Waals surface area (Å²) >= 11 is 1.47. The maximum Gasteiger partial charge on any atom is 0.162 e. The van der Waals surface area contributed by atoms with Crippen LogP contribution < -0.4 is 0 Å². The molecule has 1 rings (SSSR count). The Morgan fingerprint density at radius 1 is 1.33 bits per heavy atom. The number of aliphatic hydroxyl groups is 2. The Bertz CT molecular complexity index is 362. The molecule has 18 heavy (non-hydrogen) atoms. The standard InChI is InChI=1S/C14H20O3S/c1-2-3-4-14(17)11-5-7-13(8-6-11)18-10-12(16)9-15/h5-8,12,15-16H,2-4,9-10H2,1H3. The number of Topliss-reactive ketones (excluding diaryl/α,β-unsaturated/α-hetero) is 1. The van der Waals surface area contributed by atoms with Crippen LogP contribution in [0.5, 0.6) is 0 Å². The number of ketones is 1. The molecule has 1 aromatic rings. The van der Waals surface area contributed by atoms with Gasteiger partial charge in [0, 0.05) is 22.6 Å². The minimum absolute atomic E-state index is 0.184.